The second-order valence-electron chi connectivity index (χ2n) is 9.46. The number of nitrogens with zero attached hydrogens (tertiary/aromatic N) is 2. The molecular formula is C29H33Cl2N3O6S. The summed E-state index contributed by atoms with van der Waals surface area (Å²) < 4.78 is 39.8. The largest absolute Gasteiger partial charge is 0.497 e. The lowest BCUT2D eigenvalue weighted by Crippen LogP contribution is -2.52. The Morgan fingerprint density at radius 2 is 1.61 bits per heavy atom. The quantitative estimate of drug-likeness (QED) is 0.300. The van der Waals surface area contributed by atoms with Crippen molar-refractivity contribution in [1.82, 2.24) is 10.2 Å². The predicted octanol–water partition coefficient (Wildman–Crippen LogP) is 5.15. The smallest absolute Gasteiger partial charge is 0.264 e. The molecule has 220 valence electrons. The van der Waals surface area contributed by atoms with Crippen LogP contribution in [0.2, 0.25) is 10.0 Å². The number of benzene rings is 3. The Balaban J connectivity index is 2.13. The van der Waals surface area contributed by atoms with Gasteiger partial charge in [-0.15, -0.1) is 0 Å². The van der Waals surface area contributed by atoms with E-state index in [0.29, 0.717) is 21.4 Å². The van der Waals surface area contributed by atoms with Crippen molar-refractivity contribution in [3.05, 3.63) is 82.3 Å². The summed E-state index contributed by atoms with van der Waals surface area (Å²) in [5.41, 5.74) is 0.623. The fourth-order valence-corrected chi connectivity index (χ4v) is 5.95. The van der Waals surface area contributed by atoms with Gasteiger partial charge in [0, 0.05) is 28.7 Å². The summed E-state index contributed by atoms with van der Waals surface area (Å²) in [6.45, 7) is 4.45. The molecule has 0 bridgehead atoms. The molecule has 12 heteroatoms. The van der Waals surface area contributed by atoms with Crippen LogP contribution in [0.4, 0.5) is 5.69 Å². The molecule has 2 amide bonds. The predicted molar refractivity (Wildman–Crippen MR) is 160 cm³/mol. The lowest BCUT2D eigenvalue weighted by Gasteiger charge is -2.33. The van der Waals surface area contributed by atoms with Gasteiger partial charge in [0.15, 0.2) is 0 Å². The van der Waals surface area contributed by atoms with Crippen molar-refractivity contribution < 1.29 is 27.5 Å². The third-order valence-electron chi connectivity index (χ3n) is 6.22. The first-order valence-corrected chi connectivity index (χ1v) is 14.9. The molecule has 3 aromatic carbocycles. The number of nitrogens with one attached hydrogen (secondary N) is 1. The Morgan fingerprint density at radius 3 is 2.20 bits per heavy atom. The third kappa shape index (κ3) is 7.84. The van der Waals surface area contributed by atoms with Crippen molar-refractivity contribution in [2.45, 2.75) is 44.3 Å². The maximum absolute atomic E-state index is 14.1. The van der Waals surface area contributed by atoms with Gasteiger partial charge in [0.2, 0.25) is 11.8 Å². The van der Waals surface area contributed by atoms with E-state index in [-0.39, 0.29) is 28.9 Å². The number of hydrogen-bond donors (Lipinski definition) is 1. The van der Waals surface area contributed by atoms with Crippen LogP contribution in [-0.4, -0.2) is 58.0 Å². The Labute approximate surface area is 251 Å². The van der Waals surface area contributed by atoms with Gasteiger partial charge in [-0.05, 0) is 62.7 Å². The monoisotopic (exact) mass is 621 g/mol. The number of methoxy groups -OCH3 is 2. The molecule has 3 aromatic rings. The Bertz CT molecular complexity index is 1490. The van der Waals surface area contributed by atoms with Gasteiger partial charge in [0.1, 0.15) is 24.1 Å². The standard InChI is InChI=1S/C29H33Cl2N3O6S/c1-19(2)32-29(36)20(3)33(17-21-11-12-22(30)15-25(21)31)28(35)18-34(41(37,38)24-9-7-6-8-10-24)26-16-23(39-4)13-14-27(26)40-5/h6-16,19-20H,17-18H2,1-5H3,(H,32,36)/t20-/m1/s1. The average molecular weight is 623 g/mol. The van der Waals surface area contributed by atoms with Gasteiger partial charge < -0.3 is 19.7 Å². The van der Waals surface area contributed by atoms with E-state index in [1.165, 1.54) is 43.4 Å². The number of hydrogen-bond acceptors (Lipinski definition) is 6. The summed E-state index contributed by atoms with van der Waals surface area (Å²) in [5.74, 6) is -0.492. The summed E-state index contributed by atoms with van der Waals surface area (Å²) >= 11 is 12.5. The van der Waals surface area contributed by atoms with Crippen LogP contribution < -0.4 is 19.1 Å². The summed E-state index contributed by atoms with van der Waals surface area (Å²) in [5, 5.41) is 3.52. The maximum atomic E-state index is 14.1. The second-order valence-corrected chi connectivity index (χ2v) is 12.2. The van der Waals surface area contributed by atoms with Crippen LogP contribution in [0.3, 0.4) is 0 Å². The molecule has 1 atom stereocenters. The van der Waals surface area contributed by atoms with Crippen molar-refractivity contribution in [2.75, 3.05) is 25.1 Å². The average Bonchev–Trinajstić information content (AvgIpc) is 2.94. The number of carbonyl (C=O) groups excluding carboxylic acids is 2. The highest BCUT2D eigenvalue weighted by Crippen LogP contribution is 2.36. The van der Waals surface area contributed by atoms with Crippen molar-refractivity contribution in [3.8, 4) is 11.5 Å². The third-order valence-corrected chi connectivity index (χ3v) is 8.58. The number of ether oxygens (including phenoxy) is 2. The van der Waals surface area contributed by atoms with E-state index in [1.807, 2.05) is 0 Å². The van der Waals surface area contributed by atoms with Gasteiger partial charge in [0.25, 0.3) is 10.0 Å². The van der Waals surface area contributed by atoms with Crippen LogP contribution in [-0.2, 0) is 26.2 Å². The summed E-state index contributed by atoms with van der Waals surface area (Å²) in [4.78, 5) is 28.4. The van der Waals surface area contributed by atoms with Crippen molar-refractivity contribution in [2.24, 2.45) is 0 Å². The minimum Gasteiger partial charge on any atom is -0.497 e. The summed E-state index contributed by atoms with van der Waals surface area (Å²) in [7, 11) is -1.45. The van der Waals surface area contributed by atoms with Crippen LogP contribution in [0.15, 0.2) is 71.6 Å². The zero-order valence-corrected chi connectivity index (χ0v) is 25.8. The van der Waals surface area contributed by atoms with Gasteiger partial charge in [-0.25, -0.2) is 8.42 Å². The molecule has 0 spiro atoms. The fraction of sp³-hybridized carbons (Fsp3) is 0.310. The Morgan fingerprint density at radius 1 is 0.927 bits per heavy atom. The van der Waals surface area contributed by atoms with E-state index in [1.54, 1.807) is 63.2 Å². The molecule has 0 aliphatic rings. The van der Waals surface area contributed by atoms with Crippen LogP contribution in [0.5, 0.6) is 11.5 Å². The van der Waals surface area contributed by atoms with E-state index in [9.17, 15) is 18.0 Å². The van der Waals surface area contributed by atoms with Crippen LogP contribution >= 0.6 is 23.2 Å². The molecule has 9 nitrogen and oxygen atoms in total. The minimum absolute atomic E-state index is 0.0319. The van der Waals surface area contributed by atoms with Gasteiger partial charge in [-0.2, -0.15) is 0 Å². The molecule has 0 radical (unpaired) electrons. The van der Waals surface area contributed by atoms with E-state index in [2.05, 4.69) is 5.32 Å². The second kappa shape index (κ2) is 13.9. The van der Waals surface area contributed by atoms with Crippen molar-refractivity contribution >= 4 is 50.7 Å². The Hall–Kier alpha value is -3.47. The van der Waals surface area contributed by atoms with Crippen LogP contribution in [0, 0.1) is 0 Å². The fourth-order valence-electron chi connectivity index (χ4n) is 4.05. The SMILES string of the molecule is COc1ccc(OC)c(N(CC(=O)N(Cc2ccc(Cl)cc2Cl)[C@H](C)C(=O)NC(C)C)S(=O)(=O)c2ccccc2)c1. The van der Waals surface area contributed by atoms with E-state index in [0.717, 1.165) is 4.31 Å². The molecule has 0 aliphatic carbocycles. The number of halogens is 2. The van der Waals surface area contributed by atoms with Crippen molar-refractivity contribution in [3.63, 3.8) is 0 Å². The maximum Gasteiger partial charge on any atom is 0.264 e. The molecular weight excluding hydrogens is 589 g/mol. The van der Waals surface area contributed by atoms with Crippen molar-refractivity contribution in [1.29, 1.82) is 0 Å². The first-order valence-electron chi connectivity index (χ1n) is 12.7. The summed E-state index contributed by atoms with van der Waals surface area (Å²) in [6, 6.07) is 16.0. The molecule has 0 heterocycles. The highest BCUT2D eigenvalue weighted by molar-refractivity contribution is 7.92. The van der Waals surface area contributed by atoms with Crippen LogP contribution in [0.1, 0.15) is 26.3 Å². The number of carbonyl (C=O) groups is 2. The molecule has 0 saturated heterocycles. The topological polar surface area (TPSA) is 105 Å². The lowest BCUT2D eigenvalue weighted by atomic mass is 10.1. The first-order chi connectivity index (χ1) is 19.4. The molecule has 0 unspecified atom stereocenters. The van der Waals surface area contributed by atoms with Gasteiger partial charge in [0.05, 0.1) is 24.8 Å². The lowest BCUT2D eigenvalue weighted by molar-refractivity contribution is -0.139. The highest BCUT2D eigenvalue weighted by Gasteiger charge is 2.34. The molecule has 0 aromatic heterocycles. The number of anilines is 1. The summed E-state index contributed by atoms with van der Waals surface area (Å²) in [6.07, 6.45) is 0. The number of amides is 2. The molecule has 3 rings (SSSR count). The normalized spacial score (nSPS) is 12.0. The van der Waals surface area contributed by atoms with E-state index in [4.69, 9.17) is 32.7 Å². The van der Waals surface area contributed by atoms with E-state index >= 15 is 0 Å². The Kier molecular flexibility index (Phi) is 10.9. The zero-order chi connectivity index (χ0) is 30.3. The van der Waals surface area contributed by atoms with E-state index < -0.39 is 34.4 Å². The highest BCUT2D eigenvalue weighted by atomic mass is 35.5. The van der Waals surface area contributed by atoms with Gasteiger partial charge in [-0.1, -0.05) is 47.5 Å². The van der Waals surface area contributed by atoms with Gasteiger partial charge in [-0.3, -0.25) is 13.9 Å². The molecule has 0 saturated carbocycles. The molecule has 1 N–H and O–H groups in total. The first kappa shape index (κ1) is 32.0. The molecule has 41 heavy (non-hydrogen) atoms. The van der Waals surface area contributed by atoms with Crippen LogP contribution in [0.25, 0.3) is 0 Å². The van der Waals surface area contributed by atoms with Gasteiger partial charge >= 0.3 is 0 Å². The molecule has 0 aliphatic heterocycles. The number of rotatable bonds is 12. The molecule has 0 fully saturated rings. The number of sulfonamides is 1. The minimum atomic E-state index is -4.29. The zero-order valence-electron chi connectivity index (χ0n) is 23.4.